The summed E-state index contributed by atoms with van der Waals surface area (Å²) in [7, 11) is 0. The molecule has 0 saturated heterocycles. The van der Waals surface area contributed by atoms with Crippen LogP contribution in [0.2, 0.25) is 0 Å². The number of benzene rings is 4. The number of rotatable bonds is 9. The van der Waals surface area contributed by atoms with Crippen molar-refractivity contribution in [1.29, 1.82) is 5.26 Å². The van der Waals surface area contributed by atoms with Crippen LogP contribution in [-0.4, -0.2) is 0 Å². The van der Waals surface area contributed by atoms with Gasteiger partial charge in [-0.25, -0.2) is 4.39 Å². The Labute approximate surface area is 196 Å². The Hall–Kier alpha value is -3.44. The average molecular weight is 436 g/mol. The molecule has 4 aromatic rings. The lowest BCUT2D eigenvalue weighted by Gasteiger charge is -2.10. The number of hydrogen-bond acceptors (Lipinski definition) is 1. The van der Waals surface area contributed by atoms with E-state index in [1.807, 2.05) is 48.5 Å². The van der Waals surface area contributed by atoms with E-state index in [4.69, 9.17) is 5.26 Å². The van der Waals surface area contributed by atoms with Crippen molar-refractivity contribution in [2.45, 2.75) is 51.9 Å². The predicted octanol–water partition coefficient (Wildman–Crippen LogP) is 8.43. The maximum Gasteiger partial charge on any atom is 0.134 e. The molecule has 4 rings (SSSR count). The highest BCUT2D eigenvalue weighted by molar-refractivity contribution is 5.88. The molecule has 0 unspecified atom stereocenters. The molecular formula is C31H30FN. The second kappa shape index (κ2) is 10.9. The molecule has 1 nitrogen and oxygen atoms in total. The van der Waals surface area contributed by atoms with Gasteiger partial charge in [0, 0.05) is 5.39 Å². The van der Waals surface area contributed by atoms with Gasteiger partial charge in [0.05, 0.1) is 11.6 Å². The summed E-state index contributed by atoms with van der Waals surface area (Å²) < 4.78 is 15.2. The number of hydrogen-bond donors (Lipinski definition) is 0. The molecule has 0 saturated carbocycles. The molecule has 0 radical (unpaired) electrons. The van der Waals surface area contributed by atoms with E-state index in [-0.39, 0.29) is 5.82 Å². The summed E-state index contributed by atoms with van der Waals surface area (Å²) in [4.78, 5) is 0. The summed E-state index contributed by atoms with van der Waals surface area (Å²) in [5, 5.41) is 10.5. The fourth-order valence-electron chi connectivity index (χ4n) is 4.35. The molecule has 0 fully saturated rings. The lowest BCUT2D eigenvalue weighted by Crippen LogP contribution is -1.96. The first-order valence-corrected chi connectivity index (χ1v) is 12.0. The molecule has 0 aliphatic carbocycles. The minimum Gasteiger partial charge on any atom is -0.206 e. The summed E-state index contributed by atoms with van der Waals surface area (Å²) in [5.74, 6) is -0.130. The molecule has 0 amide bonds. The molecule has 0 aliphatic heterocycles. The van der Waals surface area contributed by atoms with Gasteiger partial charge >= 0.3 is 0 Å². The Morgan fingerprint density at radius 3 is 2.12 bits per heavy atom. The molecule has 33 heavy (non-hydrogen) atoms. The highest BCUT2D eigenvalue weighted by Crippen LogP contribution is 2.28. The van der Waals surface area contributed by atoms with Crippen LogP contribution in [0.5, 0.6) is 0 Å². The number of unbranched alkanes of at least 4 members (excludes halogenated alkanes) is 3. The summed E-state index contributed by atoms with van der Waals surface area (Å²) >= 11 is 0. The number of aryl methyl sites for hydroxylation is 3. The van der Waals surface area contributed by atoms with Gasteiger partial charge in [0.25, 0.3) is 0 Å². The van der Waals surface area contributed by atoms with E-state index in [1.54, 1.807) is 0 Å². The second-order valence-corrected chi connectivity index (χ2v) is 8.79. The molecule has 0 aromatic heterocycles. The molecule has 0 N–H and O–H groups in total. The number of nitriles is 1. The molecule has 0 atom stereocenters. The van der Waals surface area contributed by atoms with E-state index < -0.39 is 0 Å². The van der Waals surface area contributed by atoms with E-state index in [1.165, 1.54) is 36.8 Å². The first-order chi connectivity index (χ1) is 16.2. The third-order valence-corrected chi connectivity index (χ3v) is 6.41. The van der Waals surface area contributed by atoms with E-state index in [0.29, 0.717) is 17.4 Å². The van der Waals surface area contributed by atoms with E-state index in [0.717, 1.165) is 34.9 Å². The van der Waals surface area contributed by atoms with Crippen molar-refractivity contribution in [3.63, 3.8) is 0 Å². The highest BCUT2D eigenvalue weighted by Gasteiger charge is 2.09. The third-order valence-electron chi connectivity index (χ3n) is 6.41. The third kappa shape index (κ3) is 5.68. The second-order valence-electron chi connectivity index (χ2n) is 8.79. The Kier molecular flexibility index (Phi) is 7.53. The van der Waals surface area contributed by atoms with Crippen LogP contribution in [0, 0.1) is 17.1 Å². The Morgan fingerprint density at radius 2 is 1.39 bits per heavy atom. The van der Waals surface area contributed by atoms with Gasteiger partial charge in [-0.2, -0.15) is 5.26 Å². The maximum absolute atomic E-state index is 15.2. The maximum atomic E-state index is 15.2. The smallest absolute Gasteiger partial charge is 0.134 e. The largest absolute Gasteiger partial charge is 0.206 e. The van der Waals surface area contributed by atoms with Gasteiger partial charge in [0.2, 0.25) is 0 Å². The highest BCUT2D eigenvalue weighted by atomic mass is 19.1. The number of fused-ring (bicyclic) bond motifs is 1. The summed E-state index contributed by atoms with van der Waals surface area (Å²) in [6, 6.07) is 28.4. The number of halogens is 1. The molecule has 0 heterocycles. The van der Waals surface area contributed by atoms with Gasteiger partial charge in [0.15, 0.2) is 0 Å². The first-order valence-electron chi connectivity index (χ1n) is 12.0. The quantitative estimate of drug-likeness (QED) is 0.242. The van der Waals surface area contributed by atoms with Gasteiger partial charge in [0.1, 0.15) is 5.82 Å². The van der Waals surface area contributed by atoms with Crippen molar-refractivity contribution < 1.29 is 4.39 Å². The summed E-state index contributed by atoms with van der Waals surface area (Å²) in [6.07, 6.45) is 7.63. The summed E-state index contributed by atoms with van der Waals surface area (Å²) in [6.45, 7) is 2.24. The van der Waals surface area contributed by atoms with Crippen LogP contribution in [0.4, 0.5) is 4.39 Å². The zero-order valence-electron chi connectivity index (χ0n) is 19.3. The Balaban J connectivity index is 1.46. The van der Waals surface area contributed by atoms with Crippen LogP contribution < -0.4 is 0 Å². The van der Waals surface area contributed by atoms with Crippen molar-refractivity contribution in [2.75, 3.05) is 0 Å². The molecule has 0 spiro atoms. The zero-order chi connectivity index (χ0) is 23.0. The minimum atomic E-state index is -0.130. The van der Waals surface area contributed by atoms with Gasteiger partial charge in [-0.15, -0.1) is 0 Å². The van der Waals surface area contributed by atoms with Gasteiger partial charge < -0.3 is 0 Å². The van der Waals surface area contributed by atoms with Crippen molar-refractivity contribution in [3.8, 4) is 17.2 Å². The molecule has 2 heteroatoms. The lowest BCUT2D eigenvalue weighted by molar-refractivity contribution is 0.620. The van der Waals surface area contributed by atoms with Crippen LogP contribution >= 0.6 is 0 Å². The van der Waals surface area contributed by atoms with E-state index >= 15 is 4.39 Å². The average Bonchev–Trinajstić information content (AvgIpc) is 2.87. The van der Waals surface area contributed by atoms with E-state index in [9.17, 15) is 0 Å². The van der Waals surface area contributed by atoms with Crippen LogP contribution in [0.25, 0.3) is 21.9 Å². The normalized spacial score (nSPS) is 10.9. The van der Waals surface area contributed by atoms with Crippen molar-refractivity contribution in [2.24, 2.45) is 0 Å². The number of nitrogens with zero attached hydrogens (tertiary/aromatic N) is 1. The topological polar surface area (TPSA) is 23.8 Å². The van der Waals surface area contributed by atoms with Crippen LogP contribution in [0.15, 0.2) is 78.9 Å². The van der Waals surface area contributed by atoms with Crippen LogP contribution in [0.1, 0.15) is 54.9 Å². The van der Waals surface area contributed by atoms with Gasteiger partial charge in [-0.05, 0) is 77.1 Å². The van der Waals surface area contributed by atoms with Crippen molar-refractivity contribution in [1.82, 2.24) is 0 Å². The fraction of sp³-hybridized carbons (Fsp3) is 0.258. The summed E-state index contributed by atoms with van der Waals surface area (Å²) in [5.41, 5.74) is 6.15. The molecule has 166 valence electrons. The molecule has 0 aliphatic rings. The molecular weight excluding hydrogens is 405 g/mol. The molecule has 0 bridgehead atoms. The SMILES string of the molecule is CCCCCCc1ccc(-c2ccc3c(F)c(CCc4ccc(C#N)cc4)ccc3c2)cc1. The van der Waals surface area contributed by atoms with Crippen molar-refractivity contribution in [3.05, 3.63) is 107 Å². The van der Waals surface area contributed by atoms with Crippen LogP contribution in [0.3, 0.4) is 0 Å². The van der Waals surface area contributed by atoms with Crippen molar-refractivity contribution >= 4 is 10.8 Å². The predicted molar refractivity (Wildman–Crippen MR) is 136 cm³/mol. The fourth-order valence-corrected chi connectivity index (χ4v) is 4.35. The van der Waals surface area contributed by atoms with Gasteiger partial charge in [-0.1, -0.05) is 86.8 Å². The van der Waals surface area contributed by atoms with Crippen LogP contribution in [-0.2, 0) is 19.3 Å². The zero-order valence-corrected chi connectivity index (χ0v) is 19.3. The standard InChI is InChI=1S/C31H30FN/c1-2-3-4-5-6-23-11-14-26(15-12-23)28-19-20-30-29(21-28)18-17-27(31(30)32)16-13-24-7-9-25(22-33)10-8-24/h7-12,14-15,17-21H,2-6,13,16H2,1H3. The van der Waals surface area contributed by atoms with E-state index in [2.05, 4.69) is 43.3 Å². The monoisotopic (exact) mass is 435 g/mol. The Morgan fingerprint density at radius 1 is 0.697 bits per heavy atom. The lowest BCUT2D eigenvalue weighted by atomic mass is 9.96. The minimum absolute atomic E-state index is 0.130. The Bertz CT molecular complexity index is 1250. The molecule has 4 aromatic carbocycles. The first kappa shape index (κ1) is 22.7. The van der Waals surface area contributed by atoms with Gasteiger partial charge in [-0.3, -0.25) is 0 Å².